The molecule has 1 N–H and O–H groups in total. The summed E-state index contributed by atoms with van der Waals surface area (Å²) in [5.41, 5.74) is 3.43. The number of aryl methyl sites for hydroxylation is 1. The summed E-state index contributed by atoms with van der Waals surface area (Å²) in [5.74, 6) is 0.169. The minimum Gasteiger partial charge on any atom is -0.396 e. The Balaban J connectivity index is 2.09. The molecular formula is C13H17NO2. The van der Waals surface area contributed by atoms with E-state index in [0.717, 1.165) is 30.5 Å². The van der Waals surface area contributed by atoms with Crippen LogP contribution in [0.2, 0.25) is 0 Å². The zero-order valence-corrected chi connectivity index (χ0v) is 9.57. The van der Waals surface area contributed by atoms with E-state index in [4.69, 9.17) is 5.11 Å². The van der Waals surface area contributed by atoms with E-state index in [1.165, 1.54) is 5.56 Å². The van der Waals surface area contributed by atoms with Crippen LogP contribution >= 0.6 is 0 Å². The second-order valence-corrected chi connectivity index (χ2v) is 4.27. The highest BCUT2D eigenvalue weighted by molar-refractivity contribution is 6.00. The fraction of sp³-hybridized carbons (Fsp3) is 0.462. The third-order valence-corrected chi connectivity index (χ3v) is 3.09. The molecule has 0 spiro atoms. The molecule has 0 aromatic heterocycles. The van der Waals surface area contributed by atoms with Crippen LogP contribution in [0.4, 0.5) is 5.69 Å². The van der Waals surface area contributed by atoms with Gasteiger partial charge in [-0.05, 0) is 36.5 Å². The van der Waals surface area contributed by atoms with Crippen LogP contribution in [0.5, 0.6) is 0 Å². The number of unbranched alkanes of at least 4 members (excludes halogenated alkanes) is 1. The lowest BCUT2D eigenvalue weighted by Crippen LogP contribution is -2.20. The van der Waals surface area contributed by atoms with Crippen molar-refractivity contribution in [3.05, 3.63) is 29.3 Å². The standard InChI is InChI=1S/C13H17NO2/c1-14-12-6-5-10(4-2-3-7-15)8-11(12)9-13(14)16/h5-6,8,15H,2-4,7,9H2,1H3. The van der Waals surface area contributed by atoms with Gasteiger partial charge in [0.1, 0.15) is 0 Å². The van der Waals surface area contributed by atoms with Gasteiger partial charge < -0.3 is 10.0 Å². The number of carbonyl (C=O) groups is 1. The molecule has 1 aliphatic rings. The number of aliphatic hydroxyl groups excluding tert-OH is 1. The summed E-state index contributed by atoms with van der Waals surface area (Å²) in [7, 11) is 1.82. The molecule has 0 fully saturated rings. The molecule has 0 bridgehead atoms. The van der Waals surface area contributed by atoms with Gasteiger partial charge in [0.2, 0.25) is 5.91 Å². The van der Waals surface area contributed by atoms with Crippen molar-refractivity contribution in [3.63, 3.8) is 0 Å². The smallest absolute Gasteiger partial charge is 0.231 e. The van der Waals surface area contributed by atoms with E-state index in [1.807, 2.05) is 13.1 Å². The minimum absolute atomic E-state index is 0.169. The van der Waals surface area contributed by atoms with Crippen molar-refractivity contribution in [1.82, 2.24) is 0 Å². The van der Waals surface area contributed by atoms with Crippen LogP contribution in [-0.4, -0.2) is 24.7 Å². The van der Waals surface area contributed by atoms with Crippen LogP contribution in [0.3, 0.4) is 0 Å². The summed E-state index contributed by atoms with van der Waals surface area (Å²) >= 11 is 0. The Morgan fingerprint density at radius 1 is 1.38 bits per heavy atom. The van der Waals surface area contributed by atoms with Gasteiger partial charge in [-0.1, -0.05) is 12.1 Å². The molecule has 16 heavy (non-hydrogen) atoms. The Morgan fingerprint density at radius 2 is 2.19 bits per heavy atom. The zero-order chi connectivity index (χ0) is 11.5. The number of hydrogen-bond acceptors (Lipinski definition) is 2. The normalized spacial score (nSPS) is 14.4. The third kappa shape index (κ3) is 2.09. The minimum atomic E-state index is 0.169. The van der Waals surface area contributed by atoms with E-state index in [2.05, 4.69) is 12.1 Å². The molecule has 2 rings (SSSR count). The lowest BCUT2D eigenvalue weighted by Gasteiger charge is -2.10. The molecule has 0 aliphatic carbocycles. The summed E-state index contributed by atoms with van der Waals surface area (Å²) in [5, 5.41) is 8.72. The van der Waals surface area contributed by atoms with Crippen LogP contribution in [0.1, 0.15) is 24.0 Å². The molecule has 0 saturated carbocycles. The van der Waals surface area contributed by atoms with Crippen LogP contribution in [-0.2, 0) is 17.6 Å². The number of amides is 1. The van der Waals surface area contributed by atoms with Crippen molar-refractivity contribution >= 4 is 11.6 Å². The molecule has 0 unspecified atom stereocenters. The first-order valence-electron chi connectivity index (χ1n) is 5.71. The maximum atomic E-state index is 11.5. The van der Waals surface area contributed by atoms with Gasteiger partial charge in [0.25, 0.3) is 0 Å². The number of anilines is 1. The first-order chi connectivity index (χ1) is 7.72. The molecule has 1 amide bonds. The van der Waals surface area contributed by atoms with Crippen molar-refractivity contribution in [2.75, 3.05) is 18.6 Å². The molecular weight excluding hydrogens is 202 g/mol. The Labute approximate surface area is 95.7 Å². The van der Waals surface area contributed by atoms with E-state index < -0.39 is 0 Å². The predicted molar refractivity (Wildman–Crippen MR) is 63.6 cm³/mol. The highest BCUT2D eigenvalue weighted by Crippen LogP contribution is 2.28. The number of likely N-dealkylation sites (N-methyl/N-ethyl adjacent to an activating group) is 1. The Morgan fingerprint density at radius 3 is 2.94 bits per heavy atom. The number of fused-ring (bicyclic) bond motifs is 1. The predicted octanol–water partition coefficient (Wildman–Crippen LogP) is 1.52. The fourth-order valence-corrected chi connectivity index (χ4v) is 2.12. The molecule has 1 aromatic rings. The number of carbonyl (C=O) groups excluding carboxylic acids is 1. The van der Waals surface area contributed by atoms with E-state index in [1.54, 1.807) is 4.90 Å². The Hall–Kier alpha value is -1.35. The number of hydrogen-bond donors (Lipinski definition) is 1. The second-order valence-electron chi connectivity index (χ2n) is 4.27. The van der Waals surface area contributed by atoms with Gasteiger partial charge in [-0.25, -0.2) is 0 Å². The maximum Gasteiger partial charge on any atom is 0.231 e. The van der Waals surface area contributed by atoms with Crippen molar-refractivity contribution in [1.29, 1.82) is 0 Å². The largest absolute Gasteiger partial charge is 0.396 e. The fourth-order valence-electron chi connectivity index (χ4n) is 2.12. The summed E-state index contributed by atoms with van der Waals surface area (Å²) in [4.78, 5) is 13.2. The molecule has 1 heterocycles. The van der Waals surface area contributed by atoms with Gasteiger partial charge in [-0.2, -0.15) is 0 Å². The van der Waals surface area contributed by atoms with Crippen LogP contribution in [0.25, 0.3) is 0 Å². The summed E-state index contributed by atoms with van der Waals surface area (Å²) in [6.07, 6.45) is 3.35. The van der Waals surface area contributed by atoms with E-state index >= 15 is 0 Å². The van der Waals surface area contributed by atoms with Crippen molar-refractivity contribution in [3.8, 4) is 0 Å². The number of rotatable bonds is 4. The highest BCUT2D eigenvalue weighted by Gasteiger charge is 2.23. The third-order valence-electron chi connectivity index (χ3n) is 3.09. The van der Waals surface area contributed by atoms with Crippen molar-refractivity contribution in [2.24, 2.45) is 0 Å². The van der Waals surface area contributed by atoms with Gasteiger partial charge in [0.05, 0.1) is 6.42 Å². The van der Waals surface area contributed by atoms with Gasteiger partial charge >= 0.3 is 0 Å². The number of benzene rings is 1. The van der Waals surface area contributed by atoms with E-state index in [0.29, 0.717) is 6.42 Å². The Kier molecular flexibility index (Phi) is 3.25. The van der Waals surface area contributed by atoms with Gasteiger partial charge in [-0.15, -0.1) is 0 Å². The molecule has 0 radical (unpaired) electrons. The Bertz CT molecular complexity index is 401. The number of aliphatic hydroxyl groups is 1. The first kappa shape index (κ1) is 11.1. The average molecular weight is 219 g/mol. The lowest BCUT2D eigenvalue weighted by atomic mass is 10.0. The SMILES string of the molecule is CN1C(=O)Cc2cc(CCCCO)ccc21. The van der Waals surface area contributed by atoms with E-state index in [9.17, 15) is 4.79 Å². The molecule has 1 aliphatic heterocycles. The van der Waals surface area contributed by atoms with Crippen molar-refractivity contribution in [2.45, 2.75) is 25.7 Å². The van der Waals surface area contributed by atoms with Crippen LogP contribution in [0, 0.1) is 0 Å². The quantitative estimate of drug-likeness (QED) is 0.780. The zero-order valence-electron chi connectivity index (χ0n) is 9.57. The highest BCUT2D eigenvalue weighted by atomic mass is 16.2. The second kappa shape index (κ2) is 4.66. The van der Waals surface area contributed by atoms with Gasteiger partial charge in [0.15, 0.2) is 0 Å². The van der Waals surface area contributed by atoms with Crippen LogP contribution < -0.4 is 4.90 Å². The topological polar surface area (TPSA) is 40.5 Å². The van der Waals surface area contributed by atoms with Gasteiger partial charge in [-0.3, -0.25) is 4.79 Å². The maximum absolute atomic E-state index is 11.5. The molecule has 0 atom stereocenters. The van der Waals surface area contributed by atoms with E-state index in [-0.39, 0.29) is 12.5 Å². The molecule has 0 saturated heterocycles. The summed E-state index contributed by atoms with van der Waals surface area (Å²) in [6, 6.07) is 6.22. The first-order valence-corrected chi connectivity index (χ1v) is 5.71. The number of nitrogens with zero attached hydrogens (tertiary/aromatic N) is 1. The summed E-state index contributed by atoms with van der Waals surface area (Å²) < 4.78 is 0. The lowest BCUT2D eigenvalue weighted by molar-refractivity contribution is -0.117. The monoisotopic (exact) mass is 219 g/mol. The molecule has 1 aromatic carbocycles. The van der Waals surface area contributed by atoms with Gasteiger partial charge in [0, 0.05) is 19.3 Å². The van der Waals surface area contributed by atoms with Crippen LogP contribution in [0.15, 0.2) is 18.2 Å². The molecule has 3 nitrogen and oxygen atoms in total. The molecule has 3 heteroatoms. The average Bonchev–Trinajstić information content (AvgIpc) is 2.55. The summed E-state index contributed by atoms with van der Waals surface area (Å²) in [6.45, 7) is 0.256. The molecule has 86 valence electrons. The van der Waals surface area contributed by atoms with Crippen molar-refractivity contribution < 1.29 is 9.90 Å².